The molecule has 1 atom stereocenters. The van der Waals surface area contributed by atoms with Gasteiger partial charge in [-0.3, -0.25) is 0 Å². The molecule has 2 heteroatoms. The minimum absolute atomic E-state index is 0.490. The van der Waals surface area contributed by atoms with Crippen molar-refractivity contribution in [1.82, 2.24) is 0 Å². The second-order valence-electron chi connectivity index (χ2n) is 2.11. The van der Waals surface area contributed by atoms with Crippen LogP contribution in [0.3, 0.4) is 0 Å². The van der Waals surface area contributed by atoms with Crippen LogP contribution in [0.4, 0.5) is 0 Å². The molecule has 9 heavy (non-hydrogen) atoms. The third-order valence-electron chi connectivity index (χ3n) is 1.41. The second kappa shape index (κ2) is 3.26. The molecule has 1 fully saturated rings. The lowest BCUT2D eigenvalue weighted by Crippen LogP contribution is -1.92. The van der Waals surface area contributed by atoms with Crippen LogP contribution < -0.4 is 0 Å². The first-order chi connectivity index (χ1) is 4.43. The van der Waals surface area contributed by atoms with Crippen molar-refractivity contribution in [2.24, 2.45) is 5.92 Å². The van der Waals surface area contributed by atoms with Crippen LogP contribution in [0.25, 0.3) is 0 Å². The van der Waals surface area contributed by atoms with Crippen molar-refractivity contribution in [2.75, 3.05) is 13.2 Å². The highest BCUT2D eigenvalue weighted by atomic mass is 16.5. The fraction of sp³-hybridized carbons (Fsp3) is 0.571. The minimum atomic E-state index is 0.490. The number of hydrogen-bond donors (Lipinski definition) is 0. The van der Waals surface area contributed by atoms with E-state index >= 15 is 0 Å². The van der Waals surface area contributed by atoms with Crippen molar-refractivity contribution in [1.29, 1.82) is 5.26 Å². The molecule has 48 valence electrons. The third kappa shape index (κ3) is 1.87. The monoisotopic (exact) mass is 123 g/mol. The minimum Gasteiger partial charge on any atom is -0.381 e. The van der Waals surface area contributed by atoms with E-state index in [1.807, 2.05) is 12.1 Å². The quantitative estimate of drug-likeness (QED) is 0.489. The Morgan fingerprint density at radius 2 is 2.56 bits per heavy atom. The fourth-order valence-electron chi connectivity index (χ4n) is 0.884. The highest BCUT2D eigenvalue weighted by Gasteiger charge is 2.10. The number of nitrogens with zero attached hydrogens (tertiary/aromatic N) is 1. The molecule has 0 saturated carbocycles. The third-order valence-corrected chi connectivity index (χ3v) is 1.41. The average molecular weight is 123 g/mol. The Bertz CT molecular complexity index is 139. The molecule has 1 rings (SSSR count). The lowest BCUT2D eigenvalue weighted by Gasteiger charge is -1.93. The van der Waals surface area contributed by atoms with E-state index in [9.17, 15) is 0 Å². The van der Waals surface area contributed by atoms with Gasteiger partial charge in [0.2, 0.25) is 0 Å². The molecule has 0 aromatic heterocycles. The number of hydrogen-bond acceptors (Lipinski definition) is 2. The van der Waals surface area contributed by atoms with Crippen LogP contribution in [0.2, 0.25) is 0 Å². The van der Waals surface area contributed by atoms with Gasteiger partial charge in [0.1, 0.15) is 0 Å². The first-order valence-corrected chi connectivity index (χ1v) is 3.07. The van der Waals surface area contributed by atoms with Crippen molar-refractivity contribution in [2.45, 2.75) is 6.42 Å². The van der Waals surface area contributed by atoms with Gasteiger partial charge in [0.15, 0.2) is 0 Å². The Labute approximate surface area is 54.7 Å². The largest absolute Gasteiger partial charge is 0.381 e. The smallest absolute Gasteiger partial charge is 0.0908 e. The number of nitriles is 1. The van der Waals surface area contributed by atoms with E-state index in [0.29, 0.717) is 5.92 Å². The molecule has 0 aromatic carbocycles. The van der Waals surface area contributed by atoms with E-state index < -0.39 is 0 Å². The van der Waals surface area contributed by atoms with E-state index in [1.165, 1.54) is 6.08 Å². The molecule has 1 aliphatic heterocycles. The molecule has 2 nitrogen and oxygen atoms in total. The summed E-state index contributed by atoms with van der Waals surface area (Å²) in [5, 5.41) is 8.15. The average Bonchev–Trinajstić information content (AvgIpc) is 2.34. The van der Waals surface area contributed by atoms with Gasteiger partial charge in [0.25, 0.3) is 0 Å². The molecular formula is C7H9NO. The van der Waals surface area contributed by atoms with Crippen LogP contribution in [0, 0.1) is 17.2 Å². The normalized spacial score (nSPS) is 26.8. The summed E-state index contributed by atoms with van der Waals surface area (Å²) >= 11 is 0. The maximum absolute atomic E-state index is 8.15. The molecule has 1 aliphatic rings. The van der Waals surface area contributed by atoms with E-state index in [0.717, 1.165) is 19.6 Å². The van der Waals surface area contributed by atoms with Gasteiger partial charge < -0.3 is 4.74 Å². The summed E-state index contributed by atoms with van der Waals surface area (Å²) in [6.45, 7) is 1.64. The maximum atomic E-state index is 8.15. The van der Waals surface area contributed by atoms with Crippen LogP contribution >= 0.6 is 0 Å². The predicted molar refractivity (Wildman–Crippen MR) is 33.7 cm³/mol. The summed E-state index contributed by atoms with van der Waals surface area (Å²) in [6, 6.07) is 1.96. The summed E-state index contributed by atoms with van der Waals surface area (Å²) in [4.78, 5) is 0. The molecule has 0 radical (unpaired) electrons. The first kappa shape index (κ1) is 6.31. The molecule has 1 saturated heterocycles. The van der Waals surface area contributed by atoms with E-state index in [4.69, 9.17) is 10.00 Å². The van der Waals surface area contributed by atoms with Crippen LogP contribution in [-0.4, -0.2) is 13.2 Å². The zero-order valence-electron chi connectivity index (χ0n) is 5.21. The zero-order chi connectivity index (χ0) is 6.53. The van der Waals surface area contributed by atoms with Gasteiger partial charge in [-0.1, -0.05) is 6.08 Å². The number of allylic oxidation sites excluding steroid dienone is 1. The second-order valence-corrected chi connectivity index (χ2v) is 2.11. The lowest BCUT2D eigenvalue weighted by molar-refractivity contribution is 0.191. The number of rotatable bonds is 1. The van der Waals surface area contributed by atoms with Gasteiger partial charge >= 0.3 is 0 Å². The Balaban J connectivity index is 2.28. The van der Waals surface area contributed by atoms with Crippen LogP contribution in [-0.2, 0) is 4.74 Å². The molecule has 0 aliphatic carbocycles. The van der Waals surface area contributed by atoms with Gasteiger partial charge in [-0.25, -0.2) is 0 Å². The molecule has 0 spiro atoms. The Hall–Kier alpha value is -0.810. The summed E-state index contributed by atoms with van der Waals surface area (Å²) < 4.78 is 5.09. The summed E-state index contributed by atoms with van der Waals surface area (Å²) in [5.41, 5.74) is 0. The first-order valence-electron chi connectivity index (χ1n) is 3.07. The lowest BCUT2D eigenvalue weighted by atomic mass is 10.1. The molecular weight excluding hydrogens is 114 g/mol. The highest BCUT2D eigenvalue weighted by molar-refractivity contribution is 5.04. The molecule has 0 aromatic rings. The summed E-state index contributed by atoms with van der Waals surface area (Å²) in [6.07, 6.45) is 4.50. The molecule has 0 bridgehead atoms. The van der Waals surface area contributed by atoms with Crippen molar-refractivity contribution in [3.8, 4) is 6.07 Å². The maximum Gasteiger partial charge on any atom is 0.0908 e. The summed E-state index contributed by atoms with van der Waals surface area (Å²) in [5.74, 6) is 0.490. The standard InChI is InChI=1S/C7H9NO/c8-4-1-2-7-3-5-9-6-7/h1-2,7H,3,5-6H2/b2-1+/t7-/m0/s1. The Kier molecular flexibility index (Phi) is 2.29. The van der Waals surface area contributed by atoms with Crippen molar-refractivity contribution >= 4 is 0 Å². The molecule has 1 heterocycles. The zero-order valence-corrected chi connectivity index (χ0v) is 5.21. The van der Waals surface area contributed by atoms with Gasteiger partial charge in [-0.2, -0.15) is 5.26 Å². The molecule has 0 N–H and O–H groups in total. The van der Waals surface area contributed by atoms with Gasteiger partial charge in [-0.05, 0) is 6.42 Å². The Morgan fingerprint density at radius 1 is 1.67 bits per heavy atom. The predicted octanol–water partition coefficient (Wildman–Crippen LogP) is 1.10. The Morgan fingerprint density at radius 3 is 3.11 bits per heavy atom. The van der Waals surface area contributed by atoms with Crippen LogP contribution in [0.15, 0.2) is 12.2 Å². The van der Waals surface area contributed by atoms with Crippen molar-refractivity contribution in [3.05, 3.63) is 12.2 Å². The van der Waals surface area contributed by atoms with Crippen molar-refractivity contribution in [3.63, 3.8) is 0 Å². The molecule has 0 amide bonds. The van der Waals surface area contributed by atoms with Crippen molar-refractivity contribution < 1.29 is 4.74 Å². The van der Waals surface area contributed by atoms with Gasteiger partial charge in [0.05, 0.1) is 12.7 Å². The van der Waals surface area contributed by atoms with Gasteiger partial charge in [0, 0.05) is 18.6 Å². The van der Waals surface area contributed by atoms with Crippen LogP contribution in [0.5, 0.6) is 0 Å². The summed E-state index contributed by atoms with van der Waals surface area (Å²) in [7, 11) is 0. The van der Waals surface area contributed by atoms with Crippen LogP contribution in [0.1, 0.15) is 6.42 Å². The van der Waals surface area contributed by atoms with E-state index in [-0.39, 0.29) is 0 Å². The fourth-order valence-corrected chi connectivity index (χ4v) is 0.884. The highest BCUT2D eigenvalue weighted by Crippen LogP contribution is 2.12. The van der Waals surface area contributed by atoms with Gasteiger partial charge in [-0.15, -0.1) is 0 Å². The SMILES string of the molecule is N#C/C=C/[C@H]1CCOC1. The van der Waals surface area contributed by atoms with E-state index in [2.05, 4.69) is 0 Å². The van der Waals surface area contributed by atoms with E-state index in [1.54, 1.807) is 0 Å². The molecule has 0 unspecified atom stereocenters. The number of ether oxygens (including phenoxy) is 1. The topological polar surface area (TPSA) is 33.0 Å².